The Labute approximate surface area is 195 Å². The molecule has 33 heavy (non-hydrogen) atoms. The van der Waals surface area contributed by atoms with E-state index >= 15 is 0 Å². The van der Waals surface area contributed by atoms with E-state index < -0.39 is 17.6 Å². The summed E-state index contributed by atoms with van der Waals surface area (Å²) in [5, 5.41) is 0. The van der Waals surface area contributed by atoms with E-state index in [4.69, 9.17) is 4.74 Å². The van der Waals surface area contributed by atoms with E-state index in [1.165, 1.54) is 12.1 Å². The fourth-order valence-electron chi connectivity index (χ4n) is 3.55. The molecule has 0 aliphatic carbocycles. The second kappa shape index (κ2) is 12.7. The lowest BCUT2D eigenvalue weighted by molar-refractivity contribution is -0.226. The molecule has 0 N–H and O–H groups in total. The van der Waals surface area contributed by atoms with Gasteiger partial charge in [0.2, 0.25) is 0 Å². The molecule has 1 heterocycles. The molecule has 4 nitrogen and oxygen atoms in total. The number of hydrogen-bond donors (Lipinski definition) is 0. The van der Waals surface area contributed by atoms with Crippen LogP contribution in [0.2, 0.25) is 0 Å². The molecule has 1 aromatic heterocycles. The first-order valence-corrected chi connectivity index (χ1v) is 11.9. The second-order valence-electron chi connectivity index (χ2n) is 8.78. The number of carbonyl (C=O) groups excluding carboxylic acids is 1. The number of rotatable bonds is 13. The van der Waals surface area contributed by atoms with Crippen LogP contribution in [0.15, 0.2) is 36.7 Å². The molecule has 0 saturated heterocycles. The molecular weight excluding hydrogens is 429 g/mol. The average Bonchev–Trinajstić information content (AvgIpc) is 2.79. The van der Waals surface area contributed by atoms with E-state index in [1.54, 1.807) is 24.5 Å². The molecule has 0 amide bonds. The Hall–Kier alpha value is -2.44. The number of nitrogens with zero attached hydrogens (tertiary/aromatic N) is 2. The number of esters is 1. The largest absolute Gasteiger partial charge is 0.426 e. The number of ether oxygens (including phenoxy) is 1. The molecule has 2 rings (SSSR count). The SMILES string of the molecule is CCCCCCCC(C)(C(=O)Oc1ccc(-c2ncc(CCCCC)cn2)cc1)C(F)(F)F. The van der Waals surface area contributed by atoms with Gasteiger partial charge in [-0.05, 0) is 56.0 Å². The summed E-state index contributed by atoms with van der Waals surface area (Å²) in [4.78, 5) is 21.3. The minimum atomic E-state index is -4.68. The van der Waals surface area contributed by atoms with Gasteiger partial charge in [0, 0.05) is 18.0 Å². The zero-order valence-corrected chi connectivity index (χ0v) is 19.9. The van der Waals surface area contributed by atoms with Crippen molar-refractivity contribution in [1.82, 2.24) is 9.97 Å². The van der Waals surface area contributed by atoms with Gasteiger partial charge in [-0.3, -0.25) is 4.79 Å². The number of benzene rings is 1. The highest BCUT2D eigenvalue weighted by atomic mass is 19.4. The Kier molecular flexibility index (Phi) is 10.3. The van der Waals surface area contributed by atoms with Crippen molar-refractivity contribution in [2.24, 2.45) is 5.41 Å². The van der Waals surface area contributed by atoms with Crippen molar-refractivity contribution >= 4 is 5.97 Å². The number of halogens is 3. The van der Waals surface area contributed by atoms with E-state index in [-0.39, 0.29) is 12.2 Å². The number of aryl methyl sites for hydroxylation is 1. The summed E-state index contributed by atoms with van der Waals surface area (Å²) in [7, 11) is 0. The average molecular weight is 465 g/mol. The molecule has 0 saturated carbocycles. The van der Waals surface area contributed by atoms with Gasteiger partial charge in [-0.15, -0.1) is 0 Å². The van der Waals surface area contributed by atoms with E-state index in [2.05, 4.69) is 16.9 Å². The Balaban J connectivity index is 2.02. The monoisotopic (exact) mass is 464 g/mol. The third-order valence-electron chi connectivity index (χ3n) is 5.95. The van der Waals surface area contributed by atoms with Gasteiger partial charge in [0.05, 0.1) is 0 Å². The number of hydrogen-bond acceptors (Lipinski definition) is 4. The van der Waals surface area contributed by atoms with Crippen molar-refractivity contribution in [3.8, 4) is 17.1 Å². The first-order valence-electron chi connectivity index (χ1n) is 11.9. The molecule has 0 radical (unpaired) electrons. The lowest BCUT2D eigenvalue weighted by Crippen LogP contribution is -2.45. The van der Waals surface area contributed by atoms with Crippen LogP contribution >= 0.6 is 0 Å². The van der Waals surface area contributed by atoms with Crippen molar-refractivity contribution in [3.63, 3.8) is 0 Å². The standard InChI is InChI=1S/C26H35F3N2O2/c1-4-6-8-9-11-17-25(3,26(27,28)29)24(32)33-22-15-13-21(14-16-22)23-30-18-20(19-31-23)12-10-7-5-2/h13-16,18-19H,4-12,17H2,1-3H3. The van der Waals surface area contributed by atoms with Crippen LogP contribution in [0.1, 0.15) is 84.1 Å². The Morgan fingerprint density at radius 1 is 0.879 bits per heavy atom. The van der Waals surface area contributed by atoms with Crippen LogP contribution in [-0.2, 0) is 11.2 Å². The molecule has 0 spiro atoms. The smallest absolute Gasteiger partial charge is 0.404 e. The minimum Gasteiger partial charge on any atom is -0.426 e. The summed E-state index contributed by atoms with van der Waals surface area (Å²) in [5.41, 5.74) is -0.766. The van der Waals surface area contributed by atoms with Crippen molar-refractivity contribution in [3.05, 3.63) is 42.2 Å². The van der Waals surface area contributed by atoms with Crippen LogP contribution in [0.5, 0.6) is 5.75 Å². The van der Waals surface area contributed by atoms with E-state index in [1.807, 2.05) is 6.92 Å². The maximum absolute atomic E-state index is 13.7. The van der Waals surface area contributed by atoms with Crippen molar-refractivity contribution < 1.29 is 22.7 Å². The quantitative estimate of drug-likeness (QED) is 0.173. The third-order valence-corrected chi connectivity index (χ3v) is 5.95. The predicted molar refractivity (Wildman–Crippen MR) is 124 cm³/mol. The van der Waals surface area contributed by atoms with E-state index in [0.717, 1.165) is 57.4 Å². The normalized spacial score (nSPS) is 13.5. The van der Waals surface area contributed by atoms with Crippen molar-refractivity contribution in [2.45, 2.75) is 91.2 Å². The molecule has 1 aromatic carbocycles. The summed E-state index contributed by atoms with van der Waals surface area (Å²) in [6.45, 7) is 5.12. The Morgan fingerprint density at radius 2 is 1.45 bits per heavy atom. The molecule has 1 atom stereocenters. The summed E-state index contributed by atoms with van der Waals surface area (Å²) >= 11 is 0. The van der Waals surface area contributed by atoms with Crippen molar-refractivity contribution in [1.29, 1.82) is 0 Å². The van der Waals surface area contributed by atoms with Gasteiger partial charge >= 0.3 is 12.1 Å². The van der Waals surface area contributed by atoms with Crippen molar-refractivity contribution in [2.75, 3.05) is 0 Å². The number of carbonyl (C=O) groups is 1. The molecule has 182 valence electrons. The van der Waals surface area contributed by atoms with Crippen LogP contribution in [0, 0.1) is 5.41 Å². The minimum absolute atomic E-state index is 0.0707. The van der Waals surface area contributed by atoms with Crippen LogP contribution in [0.4, 0.5) is 13.2 Å². The summed E-state index contributed by atoms with van der Waals surface area (Å²) < 4.78 is 46.3. The highest BCUT2D eigenvalue weighted by Gasteiger charge is 2.57. The molecule has 7 heteroatoms. The Morgan fingerprint density at radius 3 is 2.03 bits per heavy atom. The fraction of sp³-hybridized carbons (Fsp3) is 0.577. The molecule has 0 aliphatic heterocycles. The molecule has 2 aromatic rings. The van der Waals surface area contributed by atoms with Gasteiger partial charge in [0.1, 0.15) is 5.75 Å². The first kappa shape index (κ1) is 26.8. The van der Waals surface area contributed by atoms with Gasteiger partial charge in [-0.2, -0.15) is 13.2 Å². The molecular formula is C26H35F3N2O2. The highest BCUT2D eigenvalue weighted by Crippen LogP contribution is 2.43. The molecule has 0 fully saturated rings. The van der Waals surface area contributed by atoms with Crippen LogP contribution in [0.25, 0.3) is 11.4 Å². The summed E-state index contributed by atoms with van der Waals surface area (Å²) in [6.07, 6.45) is 6.80. The lowest BCUT2D eigenvalue weighted by Gasteiger charge is -2.29. The predicted octanol–water partition coefficient (Wildman–Crippen LogP) is 7.71. The summed E-state index contributed by atoms with van der Waals surface area (Å²) in [5.74, 6) is -0.688. The van der Waals surface area contributed by atoms with Gasteiger partial charge in [-0.25, -0.2) is 9.97 Å². The second-order valence-corrected chi connectivity index (χ2v) is 8.78. The highest BCUT2D eigenvalue weighted by molar-refractivity contribution is 5.80. The molecule has 0 aliphatic rings. The lowest BCUT2D eigenvalue weighted by atomic mass is 9.83. The number of aromatic nitrogens is 2. The maximum atomic E-state index is 13.7. The first-order chi connectivity index (χ1) is 15.7. The third kappa shape index (κ3) is 7.83. The summed E-state index contributed by atoms with van der Waals surface area (Å²) in [6, 6.07) is 6.24. The molecule has 1 unspecified atom stereocenters. The van der Waals surface area contributed by atoms with Gasteiger partial charge in [-0.1, -0.05) is 58.8 Å². The van der Waals surface area contributed by atoms with Gasteiger partial charge in [0.25, 0.3) is 0 Å². The Bertz CT molecular complexity index is 851. The topological polar surface area (TPSA) is 52.1 Å². The number of alkyl halides is 3. The van der Waals surface area contributed by atoms with E-state index in [0.29, 0.717) is 24.2 Å². The van der Waals surface area contributed by atoms with Gasteiger partial charge < -0.3 is 4.74 Å². The van der Waals surface area contributed by atoms with Crippen LogP contribution in [0.3, 0.4) is 0 Å². The zero-order valence-electron chi connectivity index (χ0n) is 19.9. The fourth-order valence-corrected chi connectivity index (χ4v) is 3.55. The van der Waals surface area contributed by atoms with Crippen LogP contribution < -0.4 is 4.74 Å². The maximum Gasteiger partial charge on any atom is 0.404 e. The molecule has 0 bridgehead atoms. The van der Waals surface area contributed by atoms with Crippen LogP contribution in [-0.4, -0.2) is 22.1 Å². The number of unbranched alkanes of at least 4 members (excludes halogenated alkanes) is 6. The van der Waals surface area contributed by atoms with E-state index in [9.17, 15) is 18.0 Å². The van der Waals surface area contributed by atoms with Gasteiger partial charge in [0.15, 0.2) is 11.2 Å². The zero-order chi connectivity index (χ0) is 24.3.